The fourth-order valence-corrected chi connectivity index (χ4v) is 4.27. The van der Waals surface area contributed by atoms with Gasteiger partial charge >= 0.3 is 6.03 Å². The predicted octanol–water partition coefficient (Wildman–Crippen LogP) is 2.76. The van der Waals surface area contributed by atoms with E-state index in [4.69, 9.17) is 4.74 Å². The summed E-state index contributed by atoms with van der Waals surface area (Å²) in [5, 5.41) is 13.2. The van der Waals surface area contributed by atoms with Crippen LogP contribution in [-0.4, -0.2) is 69.0 Å². The highest BCUT2D eigenvalue weighted by molar-refractivity contribution is 5.74. The molecule has 1 atom stereocenters. The maximum atomic E-state index is 12.6. The second-order valence-corrected chi connectivity index (χ2v) is 7.95. The quantitative estimate of drug-likeness (QED) is 0.793. The summed E-state index contributed by atoms with van der Waals surface area (Å²) in [6, 6.07) is 15.5. The molecule has 2 fully saturated rings. The van der Waals surface area contributed by atoms with Gasteiger partial charge in [0.05, 0.1) is 12.8 Å². The van der Waals surface area contributed by atoms with Gasteiger partial charge < -0.3 is 29.9 Å². The van der Waals surface area contributed by atoms with E-state index in [2.05, 4.69) is 27.2 Å². The van der Waals surface area contributed by atoms with Crippen molar-refractivity contribution in [3.05, 3.63) is 48.5 Å². The number of carbonyl (C=O) groups is 1. The normalized spacial score (nSPS) is 19.1. The Labute approximate surface area is 177 Å². The fraction of sp³-hybridized carbons (Fsp3) is 0.435. The molecule has 2 aliphatic rings. The molecule has 2 aromatic carbocycles. The summed E-state index contributed by atoms with van der Waals surface area (Å²) in [5.74, 6) is 1.60. The van der Waals surface area contributed by atoms with E-state index in [9.17, 15) is 9.90 Å². The first-order chi connectivity index (χ1) is 14.6. The maximum absolute atomic E-state index is 12.6. The number of amides is 2. The van der Waals surface area contributed by atoms with Crippen LogP contribution in [0, 0.1) is 5.92 Å². The van der Waals surface area contributed by atoms with E-state index in [0.29, 0.717) is 25.6 Å². The van der Waals surface area contributed by atoms with Crippen LogP contribution >= 0.6 is 0 Å². The number of phenolic OH excluding ortho intramolecular Hbond substituents is 1. The van der Waals surface area contributed by atoms with Gasteiger partial charge in [-0.25, -0.2) is 4.79 Å². The Hall–Kier alpha value is -3.09. The number of nitrogens with zero attached hydrogens (tertiary/aromatic N) is 3. The Morgan fingerprint density at radius 3 is 2.63 bits per heavy atom. The first-order valence-electron chi connectivity index (χ1n) is 10.6. The van der Waals surface area contributed by atoms with Gasteiger partial charge in [-0.15, -0.1) is 0 Å². The van der Waals surface area contributed by atoms with Crippen molar-refractivity contribution in [2.45, 2.75) is 6.42 Å². The van der Waals surface area contributed by atoms with Crippen LogP contribution in [0.5, 0.6) is 11.5 Å². The summed E-state index contributed by atoms with van der Waals surface area (Å²) in [4.78, 5) is 19.0. The maximum Gasteiger partial charge on any atom is 0.317 e. The van der Waals surface area contributed by atoms with Crippen molar-refractivity contribution in [3.8, 4) is 11.5 Å². The summed E-state index contributed by atoms with van der Waals surface area (Å²) in [7, 11) is 1.68. The number of nitrogens with one attached hydrogen (secondary N) is 1. The van der Waals surface area contributed by atoms with Gasteiger partial charge in [0, 0.05) is 57.6 Å². The minimum atomic E-state index is 0.00626. The van der Waals surface area contributed by atoms with Gasteiger partial charge in [0.15, 0.2) is 0 Å². The molecular formula is C23H30N4O3. The van der Waals surface area contributed by atoms with Crippen molar-refractivity contribution in [2.24, 2.45) is 5.92 Å². The number of para-hydroxylation sites is 2. The highest BCUT2D eigenvalue weighted by Crippen LogP contribution is 2.28. The van der Waals surface area contributed by atoms with E-state index in [-0.39, 0.29) is 11.8 Å². The monoisotopic (exact) mass is 410 g/mol. The molecule has 160 valence electrons. The second-order valence-electron chi connectivity index (χ2n) is 7.95. The van der Waals surface area contributed by atoms with Crippen LogP contribution in [0.15, 0.2) is 48.5 Å². The number of ether oxygens (including phenoxy) is 1. The Bertz CT molecular complexity index is 867. The number of anilines is 2. The molecule has 0 aromatic heterocycles. The molecule has 2 aliphatic heterocycles. The Balaban J connectivity index is 1.22. The van der Waals surface area contributed by atoms with Crippen LogP contribution in [-0.2, 0) is 0 Å². The largest absolute Gasteiger partial charge is 0.506 e. The highest BCUT2D eigenvalue weighted by atomic mass is 16.5. The van der Waals surface area contributed by atoms with Gasteiger partial charge in [0.25, 0.3) is 0 Å². The molecule has 7 nitrogen and oxygen atoms in total. The summed E-state index contributed by atoms with van der Waals surface area (Å²) in [6.45, 7) is 5.37. The smallest absolute Gasteiger partial charge is 0.317 e. The lowest BCUT2D eigenvalue weighted by molar-refractivity contribution is 0.193. The van der Waals surface area contributed by atoms with Crippen LogP contribution in [0.2, 0.25) is 0 Å². The lowest BCUT2D eigenvalue weighted by Gasteiger charge is -2.36. The molecule has 2 N–H and O–H groups in total. The molecular weight excluding hydrogens is 380 g/mol. The van der Waals surface area contributed by atoms with Crippen molar-refractivity contribution >= 4 is 17.4 Å². The number of carbonyl (C=O) groups excluding carboxylic acids is 1. The van der Waals surface area contributed by atoms with Crippen molar-refractivity contribution in [2.75, 3.05) is 62.7 Å². The first-order valence-corrected chi connectivity index (χ1v) is 10.6. The SMILES string of the molecule is COc1cccc(N2CCC(CNC(=O)N3CCN(c4ccccc4O)CC3)C2)c1. The van der Waals surface area contributed by atoms with Crippen molar-refractivity contribution in [1.29, 1.82) is 0 Å². The molecule has 2 saturated heterocycles. The first kappa shape index (κ1) is 20.2. The summed E-state index contributed by atoms with van der Waals surface area (Å²) in [5.41, 5.74) is 2.00. The van der Waals surface area contributed by atoms with Gasteiger partial charge in [-0.2, -0.15) is 0 Å². The predicted molar refractivity (Wildman–Crippen MR) is 119 cm³/mol. The molecule has 2 amide bonds. The van der Waals surface area contributed by atoms with Gasteiger partial charge in [0.2, 0.25) is 0 Å². The standard InChI is InChI=1S/C23H30N4O3/c1-30-20-6-4-5-19(15-20)27-10-9-18(17-27)16-24-23(29)26-13-11-25(12-14-26)21-7-2-3-8-22(21)28/h2-8,15,18,28H,9-14,16-17H2,1H3,(H,24,29). The van der Waals surface area contributed by atoms with Crippen LogP contribution < -0.4 is 19.9 Å². The van der Waals surface area contributed by atoms with Gasteiger partial charge in [0.1, 0.15) is 11.5 Å². The highest BCUT2D eigenvalue weighted by Gasteiger charge is 2.26. The van der Waals surface area contributed by atoms with Crippen molar-refractivity contribution in [3.63, 3.8) is 0 Å². The third kappa shape index (κ3) is 4.56. The van der Waals surface area contributed by atoms with E-state index in [0.717, 1.165) is 44.0 Å². The molecule has 7 heteroatoms. The number of hydrogen-bond donors (Lipinski definition) is 2. The molecule has 30 heavy (non-hydrogen) atoms. The Morgan fingerprint density at radius 2 is 1.87 bits per heavy atom. The molecule has 0 spiro atoms. The van der Waals surface area contributed by atoms with Crippen LogP contribution in [0.3, 0.4) is 0 Å². The van der Waals surface area contributed by atoms with Crippen molar-refractivity contribution < 1.29 is 14.6 Å². The molecule has 0 bridgehead atoms. The number of aromatic hydroxyl groups is 1. The average molecular weight is 411 g/mol. The van der Waals surface area contributed by atoms with E-state index in [1.165, 1.54) is 5.69 Å². The van der Waals surface area contributed by atoms with E-state index in [1.54, 1.807) is 13.2 Å². The number of rotatable bonds is 5. The molecule has 2 aromatic rings. The topological polar surface area (TPSA) is 68.3 Å². The molecule has 4 rings (SSSR count). The van der Waals surface area contributed by atoms with Gasteiger partial charge in [-0.3, -0.25) is 0 Å². The van der Waals surface area contributed by atoms with Crippen molar-refractivity contribution in [1.82, 2.24) is 10.2 Å². The zero-order chi connectivity index (χ0) is 20.9. The van der Waals surface area contributed by atoms with Crippen LogP contribution in [0.4, 0.5) is 16.2 Å². The zero-order valence-electron chi connectivity index (χ0n) is 17.5. The lowest BCUT2D eigenvalue weighted by atomic mass is 10.1. The Morgan fingerprint density at radius 1 is 1.07 bits per heavy atom. The zero-order valence-corrected chi connectivity index (χ0v) is 17.5. The summed E-state index contributed by atoms with van der Waals surface area (Å²) < 4.78 is 5.32. The van der Waals surface area contributed by atoms with Crippen LogP contribution in [0.1, 0.15) is 6.42 Å². The number of hydrogen-bond acceptors (Lipinski definition) is 5. The minimum absolute atomic E-state index is 0.00626. The second kappa shape index (κ2) is 9.15. The number of benzene rings is 2. The lowest BCUT2D eigenvalue weighted by Crippen LogP contribution is -2.52. The molecule has 2 heterocycles. The number of phenols is 1. The van der Waals surface area contributed by atoms with Gasteiger partial charge in [-0.05, 0) is 36.6 Å². The minimum Gasteiger partial charge on any atom is -0.506 e. The molecule has 0 saturated carbocycles. The molecule has 1 unspecified atom stereocenters. The summed E-state index contributed by atoms with van der Waals surface area (Å²) in [6.07, 6.45) is 1.07. The summed E-state index contributed by atoms with van der Waals surface area (Å²) >= 11 is 0. The number of methoxy groups -OCH3 is 1. The van der Waals surface area contributed by atoms with E-state index >= 15 is 0 Å². The molecule has 0 radical (unpaired) electrons. The third-order valence-electron chi connectivity index (χ3n) is 6.04. The van der Waals surface area contributed by atoms with E-state index < -0.39 is 0 Å². The number of piperazine rings is 1. The van der Waals surface area contributed by atoms with E-state index in [1.807, 2.05) is 35.2 Å². The van der Waals surface area contributed by atoms with Gasteiger partial charge in [-0.1, -0.05) is 18.2 Å². The Kier molecular flexibility index (Phi) is 6.16. The molecule has 0 aliphatic carbocycles. The number of urea groups is 1. The third-order valence-corrected chi connectivity index (χ3v) is 6.04. The average Bonchev–Trinajstić information content (AvgIpc) is 3.27. The van der Waals surface area contributed by atoms with Crippen LogP contribution in [0.25, 0.3) is 0 Å². The fourth-order valence-electron chi connectivity index (χ4n) is 4.27.